The molecule has 1 saturated heterocycles. The van der Waals surface area contributed by atoms with Crippen LogP contribution in [0.25, 0.3) is 0 Å². The van der Waals surface area contributed by atoms with Gasteiger partial charge in [-0.3, -0.25) is 14.5 Å². The first-order valence-electron chi connectivity index (χ1n) is 8.88. The minimum atomic E-state index is -0.0950. The van der Waals surface area contributed by atoms with E-state index in [1.54, 1.807) is 11.3 Å². The Morgan fingerprint density at radius 3 is 2.77 bits per heavy atom. The van der Waals surface area contributed by atoms with Crippen molar-refractivity contribution in [2.24, 2.45) is 0 Å². The van der Waals surface area contributed by atoms with Gasteiger partial charge in [0.05, 0.1) is 12.6 Å². The van der Waals surface area contributed by atoms with E-state index in [-0.39, 0.29) is 17.9 Å². The summed E-state index contributed by atoms with van der Waals surface area (Å²) in [6, 6.07) is 7.75. The molecule has 7 heteroatoms. The van der Waals surface area contributed by atoms with Crippen molar-refractivity contribution < 1.29 is 9.59 Å². The molecular weight excluding hydrogens is 348 g/mol. The highest BCUT2D eigenvalue weighted by Crippen LogP contribution is 2.31. The molecule has 0 saturated carbocycles. The van der Waals surface area contributed by atoms with Gasteiger partial charge in [0, 0.05) is 30.7 Å². The highest BCUT2D eigenvalue weighted by Gasteiger charge is 2.27. The van der Waals surface area contributed by atoms with Crippen LogP contribution in [0.4, 0.5) is 5.69 Å². The highest BCUT2D eigenvalue weighted by atomic mass is 32.1. The van der Waals surface area contributed by atoms with Crippen LogP contribution >= 0.6 is 11.3 Å². The topological polar surface area (TPSA) is 74.3 Å². The molecule has 2 amide bonds. The Kier molecular flexibility index (Phi) is 6.35. The number of amides is 2. The number of anilines is 1. The van der Waals surface area contributed by atoms with E-state index in [1.165, 1.54) is 13.3 Å². The van der Waals surface area contributed by atoms with E-state index < -0.39 is 0 Å². The quantitative estimate of drug-likeness (QED) is 0.818. The number of carbonyl (C=O) groups is 2. The SMILES string of the molecule is CC(=O)Nc1ccc(CNC(=O)CN2CCCCC2c2nccs2)cc1. The van der Waals surface area contributed by atoms with Gasteiger partial charge in [0.1, 0.15) is 5.01 Å². The third kappa shape index (κ3) is 5.12. The first-order chi connectivity index (χ1) is 12.6. The number of aromatic nitrogens is 1. The van der Waals surface area contributed by atoms with Gasteiger partial charge in [0.2, 0.25) is 11.8 Å². The second-order valence-electron chi connectivity index (χ2n) is 6.51. The number of hydrogen-bond donors (Lipinski definition) is 2. The number of benzene rings is 1. The normalized spacial score (nSPS) is 17.7. The highest BCUT2D eigenvalue weighted by molar-refractivity contribution is 7.09. The van der Waals surface area contributed by atoms with E-state index in [4.69, 9.17) is 0 Å². The lowest BCUT2D eigenvalue weighted by Crippen LogP contribution is -2.41. The molecule has 1 fully saturated rings. The van der Waals surface area contributed by atoms with E-state index in [2.05, 4.69) is 20.5 Å². The summed E-state index contributed by atoms with van der Waals surface area (Å²) >= 11 is 1.66. The van der Waals surface area contributed by atoms with E-state index in [0.717, 1.165) is 35.6 Å². The minimum Gasteiger partial charge on any atom is -0.351 e. The van der Waals surface area contributed by atoms with Crippen molar-refractivity contribution in [1.29, 1.82) is 0 Å². The summed E-state index contributed by atoms with van der Waals surface area (Å²) in [5.41, 5.74) is 1.76. The van der Waals surface area contributed by atoms with E-state index >= 15 is 0 Å². The summed E-state index contributed by atoms with van der Waals surface area (Å²) in [5.74, 6) is -0.0678. The molecule has 2 aromatic rings. The van der Waals surface area contributed by atoms with Gasteiger partial charge in [-0.15, -0.1) is 11.3 Å². The van der Waals surface area contributed by atoms with Gasteiger partial charge < -0.3 is 10.6 Å². The molecule has 138 valence electrons. The number of nitrogens with one attached hydrogen (secondary N) is 2. The van der Waals surface area contributed by atoms with Gasteiger partial charge in [-0.25, -0.2) is 4.98 Å². The molecule has 1 aromatic heterocycles. The first-order valence-corrected chi connectivity index (χ1v) is 9.76. The largest absolute Gasteiger partial charge is 0.351 e. The van der Waals surface area contributed by atoms with Crippen molar-refractivity contribution in [3.63, 3.8) is 0 Å². The van der Waals surface area contributed by atoms with Gasteiger partial charge in [0.15, 0.2) is 0 Å². The molecule has 26 heavy (non-hydrogen) atoms. The van der Waals surface area contributed by atoms with Crippen LogP contribution in [0.15, 0.2) is 35.8 Å². The average molecular weight is 372 g/mol. The maximum absolute atomic E-state index is 12.4. The molecule has 0 spiro atoms. The molecule has 0 bridgehead atoms. The predicted molar refractivity (Wildman–Crippen MR) is 103 cm³/mol. The number of likely N-dealkylation sites (tertiary alicyclic amines) is 1. The van der Waals surface area contributed by atoms with Gasteiger partial charge in [-0.05, 0) is 37.1 Å². The van der Waals surface area contributed by atoms with E-state index in [1.807, 2.05) is 35.8 Å². The van der Waals surface area contributed by atoms with Crippen LogP contribution in [0.3, 0.4) is 0 Å². The number of piperidine rings is 1. The molecule has 1 aliphatic rings. The van der Waals surface area contributed by atoms with Crippen molar-refractivity contribution in [1.82, 2.24) is 15.2 Å². The monoisotopic (exact) mass is 372 g/mol. The number of rotatable bonds is 6. The summed E-state index contributed by atoms with van der Waals surface area (Å²) in [6.07, 6.45) is 5.20. The molecule has 2 heterocycles. The molecule has 1 aliphatic heterocycles. The molecule has 6 nitrogen and oxygen atoms in total. The summed E-state index contributed by atoms with van der Waals surface area (Å²) < 4.78 is 0. The van der Waals surface area contributed by atoms with Crippen molar-refractivity contribution in [3.8, 4) is 0 Å². The van der Waals surface area contributed by atoms with Crippen LogP contribution in [0.5, 0.6) is 0 Å². The fourth-order valence-electron chi connectivity index (χ4n) is 3.21. The Morgan fingerprint density at radius 1 is 1.27 bits per heavy atom. The lowest BCUT2D eigenvalue weighted by atomic mass is 10.0. The maximum Gasteiger partial charge on any atom is 0.234 e. The lowest BCUT2D eigenvalue weighted by molar-refractivity contribution is -0.123. The Hall–Kier alpha value is -2.25. The predicted octanol–water partition coefficient (Wildman–Crippen LogP) is 2.94. The molecular formula is C19H24N4O2S. The van der Waals surface area contributed by atoms with Crippen molar-refractivity contribution in [2.75, 3.05) is 18.4 Å². The van der Waals surface area contributed by atoms with Crippen LogP contribution in [0.2, 0.25) is 0 Å². The molecule has 2 N–H and O–H groups in total. The fourth-order valence-corrected chi connectivity index (χ4v) is 4.02. The summed E-state index contributed by atoms with van der Waals surface area (Å²) in [6.45, 7) is 3.29. The zero-order chi connectivity index (χ0) is 18.4. The standard InChI is InChI=1S/C19H24N4O2S/c1-14(24)22-16-7-5-15(6-8-16)12-21-18(25)13-23-10-3-2-4-17(23)19-20-9-11-26-19/h5-9,11,17H,2-4,10,12-13H2,1H3,(H,21,25)(H,22,24). The second kappa shape index (κ2) is 8.91. The second-order valence-corrected chi connectivity index (χ2v) is 7.43. The van der Waals surface area contributed by atoms with Gasteiger partial charge in [0.25, 0.3) is 0 Å². The molecule has 1 aromatic carbocycles. The number of carbonyl (C=O) groups excluding carboxylic acids is 2. The summed E-state index contributed by atoms with van der Waals surface area (Å²) in [4.78, 5) is 30.1. The lowest BCUT2D eigenvalue weighted by Gasteiger charge is -2.33. The fraction of sp³-hybridized carbons (Fsp3) is 0.421. The molecule has 0 aliphatic carbocycles. The van der Waals surface area contributed by atoms with E-state index in [9.17, 15) is 9.59 Å². The molecule has 0 radical (unpaired) electrons. The smallest absolute Gasteiger partial charge is 0.234 e. The average Bonchev–Trinajstić information content (AvgIpc) is 3.16. The third-order valence-electron chi connectivity index (χ3n) is 4.46. The first kappa shape index (κ1) is 18.5. The van der Waals surface area contributed by atoms with Gasteiger partial charge in [-0.1, -0.05) is 18.6 Å². The third-order valence-corrected chi connectivity index (χ3v) is 5.34. The molecule has 3 rings (SSSR count). The van der Waals surface area contributed by atoms with Crippen LogP contribution in [-0.4, -0.2) is 34.8 Å². The van der Waals surface area contributed by atoms with Crippen molar-refractivity contribution >= 4 is 28.8 Å². The Balaban J connectivity index is 1.51. The summed E-state index contributed by atoms with van der Waals surface area (Å²) in [7, 11) is 0. The Labute approximate surface area is 157 Å². The van der Waals surface area contributed by atoms with Crippen molar-refractivity contribution in [2.45, 2.75) is 38.8 Å². The van der Waals surface area contributed by atoms with Crippen LogP contribution in [0.1, 0.15) is 42.8 Å². The molecule has 1 atom stereocenters. The Bertz CT molecular complexity index is 731. The Morgan fingerprint density at radius 2 is 2.08 bits per heavy atom. The summed E-state index contributed by atoms with van der Waals surface area (Å²) in [5, 5.41) is 8.81. The number of hydrogen-bond acceptors (Lipinski definition) is 5. The number of nitrogens with zero attached hydrogens (tertiary/aromatic N) is 2. The molecule has 1 unspecified atom stereocenters. The van der Waals surface area contributed by atoms with E-state index in [0.29, 0.717) is 13.1 Å². The van der Waals surface area contributed by atoms with Crippen LogP contribution in [-0.2, 0) is 16.1 Å². The minimum absolute atomic E-state index is 0.0272. The maximum atomic E-state index is 12.4. The van der Waals surface area contributed by atoms with Gasteiger partial charge in [-0.2, -0.15) is 0 Å². The zero-order valence-electron chi connectivity index (χ0n) is 14.9. The van der Waals surface area contributed by atoms with Crippen LogP contribution < -0.4 is 10.6 Å². The van der Waals surface area contributed by atoms with Crippen molar-refractivity contribution in [3.05, 3.63) is 46.4 Å². The van der Waals surface area contributed by atoms with Gasteiger partial charge >= 0.3 is 0 Å². The number of thiazole rings is 1. The van der Waals surface area contributed by atoms with Crippen LogP contribution in [0, 0.1) is 0 Å². The zero-order valence-corrected chi connectivity index (χ0v) is 15.7.